The van der Waals surface area contributed by atoms with E-state index in [1.165, 1.54) is 0 Å². The summed E-state index contributed by atoms with van der Waals surface area (Å²) in [5, 5.41) is 20.0. The Labute approximate surface area is 362 Å². The van der Waals surface area contributed by atoms with Crippen molar-refractivity contribution in [2.24, 2.45) is 0 Å². The smallest absolute Gasteiger partial charge is 0.462 e. The molecule has 4 atom stereocenters. The average molecular weight is 861 g/mol. The topological polar surface area (TPSA) is 149 Å². The van der Waals surface area contributed by atoms with Crippen molar-refractivity contribution in [1.29, 1.82) is 0 Å². The first-order valence-corrected chi connectivity index (χ1v) is 23.3. The van der Waals surface area contributed by atoms with Gasteiger partial charge in [-0.05, 0) is 70.6 Å². The van der Waals surface area contributed by atoms with Gasteiger partial charge in [-0.2, -0.15) is 0 Å². The number of hydrogen-bond acceptors (Lipinski definition) is 9. The molecule has 12 heteroatoms. The summed E-state index contributed by atoms with van der Waals surface area (Å²) < 4.78 is 34.1. The third-order valence-electron chi connectivity index (χ3n) is 8.47. The molecule has 0 radical (unpaired) electrons. The molecule has 0 aromatic rings. The third kappa shape index (κ3) is 41.3. The summed E-state index contributed by atoms with van der Waals surface area (Å²) in [6.45, 7) is 3.84. The van der Waals surface area contributed by atoms with E-state index in [0.717, 1.165) is 57.8 Å². The Kier molecular flexibility index (Phi) is 36.3. The maximum Gasteiger partial charge on any atom is 0.472 e. The fourth-order valence-electron chi connectivity index (χ4n) is 5.06. The highest BCUT2D eigenvalue weighted by Crippen LogP contribution is 2.43. The monoisotopic (exact) mass is 861 g/mol. The standard InChI is InChI=1S/C48H78NO10P/c1-6-8-10-11-12-13-14-15-16-17-18-19-23-26-32-39-48(53)59-46(43-58-60(54,55)57-41-40-49(3,4)5)42-56-47(52)38-33-27-31-37-45(51)36-30-25-22-20-21-24-29-35-44(50)34-28-9-7-2/h8-10,12-13,15-16,21-22,24-25,28-31,35-37,44-46,50-51H,6-7,11,14,17-20,23,26-27,32-34,38-43H2,1-5H3/p+1/b10-8-,13-12-,16-15-,24-21-,25-22-,28-9-,35-29+,36-30+,37-31-/t44-,45-,46-/m1/s1. The van der Waals surface area contributed by atoms with E-state index < -0.39 is 44.7 Å². The third-order valence-corrected chi connectivity index (χ3v) is 9.46. The van der Waals surface area contributed by atoms with E-state index in [2.05, 4.69) is 50.3 Å². The van der Waals surface area contributed by atoms with E-state index >= 15 is 0 Å². The lowest BCUT2D eigenvalue weighted by molar-refractivity contribution is -0.870. The van der Waals surface area contributed by atoms with Crippen molar-refractivity contribution in [2.75, 3.05) is 47.5 Å². The van der Waals surface area contributed by atoms with Gasteiger partial charge in [0.05, 0.1) is 40.0 Å². The van der Waals surface area contributed by atoms with Crippen molar-refractivity contribution < 1.29 is 52.3 Å². The van der Waals surface area contributed by atoms with E-state index in [4.69, 9.17) is 18.5 Å². The van der Waals surface area contributed by atoms with Crippen LogP contribution in [0.25, 0.3) is 0 Å². The first-order chi connectivity index (χ1) is 28.8. The second kappa shape index (κ2) is 38.5. The number of unbranched alkanes of at least 4 members (excludes halogenated alkanes) is 6. The van der Waals surface area contributed by atoms with Gasteiger partial charge in [0, 0.05) is 12.8 Å². The zero-order valence-electron chi connectivity index (χ0n) is 37.4. The number of phosphoric acid groups is 1. The predicted octanol–water partition coefficient (Wildman–Crippen LogP) is 10.3. The number of hydrogen-bond donors (Lipinski definition) is 3. The van der Waals surface area contributed by atoms with Crippen molar-refractivity contribution in [3.63, 3.8) is 0 Å². The lowest BCUT2D eigenvalue weighted by Gasteiger charge is -2.24. The van der Waals surface area contributed by atoms with Crippen molar-refractivity contribution in [3.05, 3.63) is 109 Å². The van der Waals surface area contributed by atoms with Crippen LogP contribution in [0.15, 0.2) is 109 Å². The van der Waals surface area contributed by atoms with Crippen LogP contribution in [-0.4, -0.2) is 97.3 Å². The number of carbonyl (C=O) groups is 2. The van der Waals surface area contributed by atoms with Gasteiger partial charge in [0.1, 0.15) is 19.8 Å². The minimum Gasteiger partial charge on any atom is -0.462 e. The Balaban J connectivity index is 4.66. The first kappa shape index (κ1) is 56.6. The van der Waals surface area contributed by atoms with Crippen molar-refractivity contribution in [3.8, 4) is 0 Å². The fourth-order valence-corrected chi connectivity index (χ4v) is 5.80. The highest BCUT2D eigenvalue weighted by Gasteiger charge is 2.27. The van der Waals surface area contributed by atoms with Crippen LogP contribution in [0.2, 0.25) is 0 Å². The molecule has 0 spiro atoms. The van der Waals surface area contributed by atoms with Gasteiger partial charge in [-0.15, -0.1) is 0 Å². The lowest BCUT2D eigenvalue weighted by atomic mass is 10.1. The number of rotatable bonds is 37. The zero-order valence-corrected chi connectivity index (χ0v) is 38.3. The summed E-state index contributed by atoms with van der Waals surface area (Å²) in [5.41, 5.74) is 0. The minimum absolute atomic E-state index is 0.0119. The molecular weight excluding hydrogens is 781 g/mol. The van der Waals surface area contributed by atoms with Gasteiger partial charge in [0.15, 0.2) is 6.10 Å². The average Bonchev–Trinajstić information content (AvgIpc) is 3.19. The van der Waals surface area contributed by atoms with E-state index in [9.17, 15) is 29.3 Å². The van der Waals surface area contributed by atoms with Crippen LogP contribution >= 0.6 is 7.82 Å². The predicted molar refractivity (Wildman–Crippen MR) is 245 cm³/mol. The van der Waals surface area contributed by atoms with Gasteiger partial charge in [0.25, 0.3) is 0 Å². The summed E-state index contributed by atoms with van der Waals surface area (Å²) in [4.78, 5) is 35.4. The number of ether oxygens (including phenoxy) is 2. The SMILES string of the molecule is CC/C=C\C/C=C\C/C=C\CCCCCCCC(=O)O[C@H](COC(=O)CCC/C=C\[C@H](O)/C=C/C=C\C/C=C\C=C\[C@H](O)C/C=C\CC)COP(=O)(O)OCC[N+](C)(C)C. The second-order valence-corrected chi connectivity index (χ2v) is 16.8. The van der Waals surface area contributed by atoms with Crippen molar-refractivity contribution in [2.45, 2.75) is 135 Å². The maximum absolute atomic E-state index is 12.7. The summed E-state index contributed by atoms with van der Waals surface area (Å²) in [7, 11) is 1.33. The number of aliphatic hydroxyl groups excluding tert-OH is 2. The Morgan fingerprint density at radius 1 is 0.617 bits per heavy atom. The Bertz CT molecular complexity index is 1420. The highest BCUT2D eigenvalue weighted by atomic mass is 31.2. The second-order valence-electron chi connectivity index (χ2n) is 15.4. The molecule has 0 aliphatic carbocycles. The number of esters is 2. The molecule has 0 heterocycles. The number of quaternary nitrogens is 1. The van der Waals surface area contributed by atoms with Crippen LogP contribution in [0.5, 0.6) is 0 Å². The summed E-state index contributed by atoms with van der Waals surface area (Å²) in [5.74, 6) is -1.02. The Hall–Kier alpha value is -3.41. The van der Waals surface area contributed by atoms with Gasteiger partial charge in [0.2, 0.25) is 0 Å². The molecule has 0 aliphatic rings. The van der Waals surface area contributed by atoms with E-state index in [-0.39, 0.29) is 26.1 Å². The number of carbonyl (C=O) groups excluding carboxylic acids is 2. The van der Waals surface area contributed by atoms with Gasteiger partial charge < -0.3 is 29.1 Å². The Morgan fingerprint density at radius 3 is 1.90 bits per heavy atom. The van der Waals surface area contributed by atoms with Crippen LogP contribution < -0.4 is 0 Å². The molecule has 3 N–H and O–H groups in total. The minimum atomic E-state index is -4.44. The molecular formula is C48H79NO10P+. The molecule has 60 heavy (non-hydrogen) atoms. The van der Waals surface area contributed by atoms with Crippen LogP contribution in [0.4, 0.5) is 0 Å². The molecule has 0 amide bonds. The number of nitrogens with zero attached hydrogens (tertiary/aromatic N) is 1. The molecule has 0 saturated heterocycles. The molecule has 11 nitrogen and oxygen atoms in total. The molecule has 0 aromatic heterocycles. The lowest BCUT2D eigenvalue weighted by Crippen LogP contribution is -2.37. The largest absolute Gasteiger partial charge is 0.472 e. The number of phosphoric ester groups is 1. The van der Waals surface area contributed by atoms with Crippen molar-refractivity contribution >= 4 is 19.8 Å². The van der Waals surface area contributed by atoms with Crippen molar-refractivity contribution in [1.82, 2.24) is 0 Å². The summed E-state index contributed by atoms with van der Waals surface area (Å²) in [6.07, 6.45) is 45.0. The van der Waals surface area contributed by atoms with Crippen LogP contribution in [-0.2, 0) is 32.7 Å². The summed E-state index contributed by atoms with van der Waals surface area (Å²) in [6, 6.07) is 0. The van der Waals surface area contributed by atoms with Gasteiger partial charge in [-0.3, -0.25) is 18.6 Å². The van der Waals surface area contributed by atoms with E-state index in [0.29, 0.717) is 43.1 Å². The molecule has 340 valence electrons. The highest BCUT2D eigenvalue weighted by molar-refractivity contribution is 7.47. The first-order valence-electron chi connectivity index (χ1n) is 21.8. The van der Waals surface area contributed by atoms with Gasteiger partial charge in [-0.1, -0.05) is 142 Å². The number of aliphatic hydroxyl groups is 2. The van der Waals surface area contributed by atoms with Gasteiger partial charge in [-0.25, -0.2) is 4.57 Å². The quantitative estimate of drug-likeness (QED) is 0.0138. The molecule has 0 aliphatic heterocycles. The van der Waals surface area contributed by atoms with E-state index in [1.807, 2.05) is 63.7 Å². The van der Waals surface area contributed by atoms with Crippen LogP contribution in [0.1, 0.15) is 117 Å². The molecule has 1 unspecified atom stereocenters. The Morgan fingerprint density at radius 2 is 1.20 bits per heavy atom. The molecule has 0 bridgehead atoms. The molecule has 0 rings (SSSR count). The van der Waals surface area contributed by atoms with Gasteiger partial charge >= 0.3 is 19.8 Å². The van der Waals surface area contributed by atoms with Crippen LogP contribution in [0, 0.1) is 0 Å². The normalized spacial score (nSPS) is 15.7. The summed E-state index contributed by atoms with van der Waals surface area (Å²) >= 11 is 0. The number of allylic oxidation sites excluding steroid dienone is 14. The van der Waals surface area contributed by atoms with Crippen LogP contribution in [0.3, 0.4) is 0 Å². The molecule has 0 fully saturated rings. The molecule has 0 aromatic carbocycles. The molecule has 0 saturated carbocycles. The zero-order chi connectivity index (χ0) is 44.6. The van der Waals surface area contributed by atoms with E-state index in [1.54, 1.807) is 30.4 Å². The maximum atomic E-state index is 12.7. The fraction of sp³-hybridized carbons (Fsp3) is 0.583. The number of likely N-dealkylation sites (N-methyl/N-ethyl adjacent to an activating group) is 1.